The van der Waals surface area contributed by atoms with E-state index in [-0.39, 0.29) is 17.7 Å². The number of amides is 2. The summed E-state index contributed by atoms with van der Waals surface area (Å²) in [6.45, 7) is 4.75. The molecular weight excluding hydrogens is 266 g/mol. The number of anilines is 2. The summed E-state index contributed by atoms with van der Waals surface area (Å²) in [4.78, 5) is 23.5. The average Bonchev–Trinajstić information content (AvgIpc) is 3.22. The minimum atomic E-state index is -0.0335. The lowest BCUT2D eigenvalue weighted by Gasteiger charge is -2.10. The summed E-state index contributed by atoms with van der Waals surface area (Å²) in [6, 6.07) is 7.63. The number of hydrogen-bond acceptors (Lipinski definition) is 3. The molecule has 0 unspecified atom stereocenters. The fourth-order valence-corrected chi connectivity index (χ4v) is 1.96. The molecule has 0 heterocycles. The second-order valence-electron chi connectivity index (χ2n) is 5.75. The monoisotopic (exact) mass is 289 g/mol. The van der Waals surface area contributed by atoms with Crippen molar-refractivity contribution >= 4 is 23.2 Å². The van der Waals surface area contributed by atoms with Crippen molar-refractivity contribution in [2.24, 2.45) is 5.92 Å². The number of benzene rings is 1. The molecule has 0 radical (unpaired) electrons. The van der Waals surface area contributed by atoms with Crippen LogP contribution >= 0.6 is 0 Å². The van der Waals surface area contributed by atoms with Crippen LogP contribution < -0.4 is 16.0 Å². The number of carbonyl (C=O) groups is 2. The third-order valence-corrected chi connectivity index (χ3v) is 3.27. The molecule has 1 aliphatic rings. The Hall–Kier alpha value is -1.88. The van der Waals surface area contributed by atoms with E-state index in [9.17, 15) is 9.59 Å². The van der Waals surface area contributed by atoms with Gasteiger partial charge in [0.05, 0.1) is 0 Å². The number of rotatable bonds is 7. The first-order valence-electron chi connectivity index (χ1n) is 7.49. The standard InChI is InChI=1S/C16H23N3O2/c1-11(2)17-9-8-15(20)18-13-4-3-5-14(10-13)19-16(21)12-6-7-12/h3-5,10-12,17H,6-9H2,1-2H3,(H,18,20)(H,19,21). The highest BCUT2D eigenvalue weighted by molar-refractivity contribution is 5.95. The molecule has 21 heavy (non-hydrogen) atoms. The topological polar surface area (TPSA) is 70.2 Å². The minimum Gasteiger partial charge on any atom is -0.326 e. The van der Waals surface area contributed by atoms with E-state index in [4.69, 9.17) is 0 Å². The van der Waals surface area contributed by atoms with Crippen LogP contribution in [-0.2, 0) is 9.59 Å². The summed E-state index contributed by atoms with van der Waals surface area (Å²) in [5.74, 6) is 0.207. The molecule has 1 aromatic rings. The Labute approximate surface area is 125 Å². The molecule has 1 fully saturated rings. The first-order chi connectivity index (χ1) is 10.0. The third-order valence-electron chi connectivity index (χ3n) is 3.27. The van der Waals surface area contributed by atoms with Crippen molar-refractivity contribution in [3.63, 3.8) is 0 Å². The molecule has 0 atom stereocenters. The molecule has 1 aromatic carbocycles. The van der Waals surface area contributed by atoms with E-state index in [1.54, 1.807) is 6.07 Å². The van der Waals surface area contributed by atoms with Crippen LogP contribution in [0.25, 0.3) is 0 Å². The van der Waals surface area contributed by atoms with Gasteiger partial charge in [-0.15, -0.1) is 0 Å². The van der Waals surface area contributed by atoms with Crippen LogP contribution in [0.2, 0.25) is 0 Å². The van der Waals surface area contributed by atoms with Crippen LogP contribution in [0.5, 0.6) is 0 Å². The molecule has 3 N–H and O–H groups in total. The van der Waals surface area contributed by atoms with Gasteiger partial charge in [-0.1, -0.05) is 19.9 Å². The molecule has 0 aromatic heterocycles. The molecule has 5 nitrogen and oxygen atoms in total. The zero-order valence-corrected chi connectivity index (χ0v) is 12.6. The van der Waals surface area contributed by atoms with Gasteiger partial charge in [-0.2, -0.15) is 0 Å². The Bertz CT molecular complexity index is 510. The first kappa shape index (κ1) is 15.5. The van der Waals surface area contributed by atoms with Gasteiger partial charge in [0.25, 0.3) is 0 Å². The van der Waals surface area contributed by atoms with E-state index < -0.39 is 0 Å². The molecule has 1 aliphatic carbocycles. The largest absolute Gasteiger partial charge is 0.326 e. The second-order valence-corrected chi connectivity index (χ2v) is 5.75. The molecule has 1 saturated carbocycles. The molecular formula is C16H23N3O2. The van der Waals surface area contributed by atoms with Crippen LogP contribution in [0.3, 0.4) is 0 Å². The van der Waals surface area contributed by atoms with Crippen molar-refractivity contribution in [3.05, 3.63) is 24.3 Å². The van der Waals surface area contributed by atoms with E-state index >= 15 is 0 Å². The van der Waals surface area contributed by atoms with Crippen molar-refractivity contribution in [1.82, 2.24) is 5.32 Å². The predicted molar refractivity (Wildman–Crippen MR) is 84.2 cm³/mol. The van der Waals surface area contributed by atoms with Crippen LogP contribution in [0.1, 0.15) is 33.1 Å². The summed E-state index contributed by atoms with van der Waals surface area (Å²) < 4.78 is 0. The van der Waals surface area contributed by atoms with Crippen LogP contribution in [-0.4, -0.2) is 24.4 Å². The highest BCUT2D eigenvalue weighted by Gasteiger charge is 2.29. The molecule has 2 rings (SSSR count). The number of nitrogens with one attached hydrogen (secondary N) is 3. The van der Waals surface area contributed by atoms with Gasteiger partial charge in [-0.05, 0) is 31.0 Å². The highest BCUT2D eigenvalue weighted by Crippen LogP contribution is 2.30. The van der Waals surface area contributed by atoms with Crippen molar-refractivity contribution in [3.8, 4) is 0 Å². The van der Waals surface area contributed by atoms with Gasteiger partial charge >= 0.3 is 0 Å². The SMILES string of the molecule is CC(C)NCCC(=O)Nc1cccc(NC(=O)C2CC2)c1. The lowest BCUT2D eigenvalue weighted by atomic mass is 10.2. The predicted octanol–water partition coefficient (Wildman–Crippen LogP) is 2.36. The Morgan fingerprint density at radius 2 is 1.86 bits per heavy atom. The zero-order valence-electron chi connectivity index (χ0n) is 12.6. The van der Waals surface area contributed by atoms with E-state index in [1.807, 2.05) is 32.0 Å². The Balaban J connectivity index is 1.82. The summed E-state index contributed by atoms with van der Waals surface area (Å²) in [5.41, 5.74) is 1.43. The smallest absolute Gasteiger partial charge is 0.227 e. The molecule has 0 aliphatic heterocycles. The van der Waals surface area contributed by atoms with Crippen LogP contribution in [0.15, 0.2) is 24.3 Å². The third kappa shape index (κ3) is 5.55. The average molecular weight is 289 g/mol. The molecule has 114 valence electrons. The quantitative estimate of drug-likeness (QED) is 0.721. The Morgan fingerprint density at radius 1 is 1.19 bits per heavy atom. The van der Waals surface area contributed by atoms with Gasteiger partial charge in [-0.3, -0.25) is 9.59 Å². The maximum absolute atomic E-state index is 11.8. The number of hydrogen-bond donors (Lipinski definition) is 3. The number of carbonyl (C=O) groups excluding carboxylic acids is 2. The second kappa shape index (κ2) is 7.22. The maximum atomic E-state index is 11.8. The van der Waals surface area contributed by atoms with Crippen molar-refractivity contribution in [2.45, 2.75) is 39.2 Å². The van der Waals surface area contributed by atoms with Crippen LogP contribution in [0, 0.1) is 5.92 Å². The van der Waals surface area contributed by atoms with Gasteiger partial charge < -0.3 is 16.0 Å². The van der Waals surface area contributed by atoms with Crippen LogP contribution in [0.4, 0.5) is 11.4 Å². The fraction of sp³-hybridized carbons (Fsp3) is 0.500. The maximum Gasteiger partial charge on any atom is 0.227 e. The van der Waals surface area contributed by atoms with E-state index in [2.05, 4.69) is 16.0 Å². The lowest BCUT2D eigenvalue weighted by molar-refractivity contribution is -0.117. The molecule has 0 spiro atoms. The fourth-order valence-electron chi connectivity index (χ4n) is 1.96. The van der Waals surface area contributed by atoms with Gasteiger partial charge in [0, 0.05) is 36.3 Å². The molecule has 5 heteroatoms. The summed E-state index contributed by atoms with van der Waals surface area (Å²) >= 11 is 0. The molecule has 0 bridgehead atoms. The zero-order chi connectivity index (χ0) is 15.2. The summed E-state index contributed by atoms with van der Waals surface area (Å²) in [6.07, 6.45) is 2.38. The van der Waals surface area contributed by atoms with E-state index in [1.165, 1.54) is 0 Å². The summed E-state index contributed by atoms with van der Waals surface area (Å²) in [7, 11) is 0. The molecule has 0 saturated heterocycles. The van der Waals surface area contributed by atoms with Gasteiger partial charge in [0.15, 0.2) is 0 Å². The first-order valence-corrected chi connectivity index (χ1v) is 7.49. The lowest BCUT2D eigenvalue weighted by Crippen LogP contribution is -2.27. The van der Waals surface area contributed by atoms with Crippen molar-refractivity contribution in [1.29, 1.82) is 0 Å². The minimum absolute atomic E-state index is 0.0335. The Kier molecular flexibility index (Phi) is 5.33. The van der Waals surface area contributed by atoms with E-state index in [0.717, 1.165) is 18.5 Å². The van der Waals surface area contributed by atoms with Gasteiger partial charge in [0.1, 0.15) is 0 Å². The summed E-state index contributed by atoms with van der Waals surface area (Å²) in [5, 5.41) is 8.92. The van der Waals surface area contributed by atoms with Gasteiger partial charge in [-0.25, -0.2) is 0 Å². The Morgan fingerprint density at radius 3 is 2.48 bits per heavy atom. The highest BCUT2D eigenvalue weighted by atomic mass is 16.2. The van der Waals surface area contributed by atoms with Crippen molar-refractivity contribution in [2.75, 3.05) is 17.2 Å². The molecule has 2 amide bonds. The normalized spacial score (nSPS) is 14.0. The van der Waals surface area contributed by atoms with Crippen molar-refractivity contribution < 1.29 is 9.59 Å². The van der Waals surface area contributed by atoms with Gasteiger partial charge in [0.2, 0.25) is 11.8 Å². The van der Waals surface area contributed by atoms with E-state index in [0.29, 0.717) is 24.7 Å².